The molecule has 0 aliphatic carbocycles. The zero-order valence-electron chi connectivity index (χ0n) is 18.3. The van der Waals surface area contributed by atoms with Crippen LogP contribution in [0.3, 0.4) is 0 Å². The normalized spacial score (nSPS) is 27.1. The molecule has 0 saturated carbocycles. The van der Waals surface area contributed by atoms with E-state index in [1.807, 2.05) is 6.92 Å². The summed E-state index contributed by atoms with van der Waals surface area (Å²) in [7, 11) is 0. The minimum Gasteiger partial charge on any atom is -0.340 e. The molecular weight excluding hydrogens is 561 g/mol. The van der Waals surface area contributed by atoms with Crippen LogP contribution in [-0.4, -0.2) is 77.9 Å². The predicted octanol–water partition coefficient (Wildman–Crippen LogP) is 1.03. The Bertz CT molecular complexity index is 1020. The summed E-state index contributed by atoms with van der Waals surface area (Å²) in [6.45, 7) is 6.33. The van der Waals surface area contributed by atoms with E-state index < -0.39 is 35.8 Å². The van der Waals surface area contributed by atoms with Crippen LogP contribution in [-0.2, 0) is 19.2 Å². The highest BCUT2D eigenvalue weighted by Gasteiger charge is 2.60. The maximum absolute atomic E-state index is 13.3. The van der Waals surface area contributed by atoms with Gasteiger partial charge in [-0.25, -0.2) is 4.79 Å². The van der Waals surface area contributed by atoms with Crippen LogP contribution >= 0.6 is 34.6 Å². The van der Waals surface area contributed by atoms with Crippen molar-refractivity contribution >= 4 is 64.3 Å². The highest BCUT2D eigenvalue weighted by atomic mass is 127. The maximum atomic E-state index is 13.3. The Labute approximate surface area is 209 Å². The third-order valence-corrected chi connectivity index (χ3v) is 8.91. The molecule has 1 aromatic rings. The van der Waals surface area contributed by atoms with Crippen LogP contribution < -0.4 is 10.6 Å². The molecule has 3 saturated heterocycles. The number of fused-ring (bicyclic) bond motifs is 1. The van der Waals surface area contributed by atoms with E-state index in [4.69, 9.17) is 0 Å². The SMILES string of the molecule is CC1N2C(=O)C(NC(=O)C(NC(=O)N3CCN(I)C(=O)C3=O)c3ccccc3)C2SC1(C)C. The number of urea groups is 1. The van der Waals surface area contributed by atoms with Gasteiger partial charge in [-0.2, -0.15) is 0 Å². The molecule has 0 spiro atoms. The van der Waals surface area contributed by atoms with Gasteiger partial charge in [-0.15, -0.1) is 11.8 Å². The second kappa shape index (κ2) is 8.78. The lowest BCUT2D eigenvalue weighted by Gasteiger charge is -2.44. The summed E-state index contributed by atoms with van der Waals surface area (Å²) in [6.07, 6.45) is 0. The van der Waals surface area contributed by atoms with E-state index in [-0.39, 0.29) is 35.2 Å². The third-order valence-electron chi connectivity index (χ3n) is 6.30. The lowest BCUT2D eigenvalue weighted by atomic mass is 9.97. The van der Waals surface area contributed by atoms with Crippen LogP contribution in [0, 0.1) is 0 Å². The van der Waals surface area contributed by atoms with Crippen molar-refractivity contribution in [3.63, 3.8) is 0 Å². The van der Waals surface area contributed by atoms with Gasteiger partial charge in [-0.3, -0.25) is 27.2 Å². The number of halogens is 1. The first-order chi connectivity index (χ1) is 15.5. The number of nitrogens with one attached hydrogen (secondary N) is 2. The minimum absolute atomic E-state index is 0.0181. The van der Waals surface area contributed by atoms with E-state index in [9.17, 15) is 24.0 Å². The molecule has 2 N–H and O–H groups in total. The van der Waals surface area contributed by atoms with Crippen molar-refractivity contribution in [2.45, 2.75) is 49.0 Å². The molecule has 176 valence electrons. The molecule has 12 heteroatoms. The van der Waals surface area contributed by atoms with Crippen LogP contribution in [0.2, 0.25) is 0 Å². The molecule has 4 rings (SSSR count). The Morgan fingerprint density at radius 1 is 1.12 bits per heavy atom. The van der Waals surface area contributed by atoms with Crippen molar-refractivity contribution in [1.82, 2.24) is 23.5 Å². The fourth-order valence-electron chi connectivity index (χ4n) is 4.09. The standard InChI is InChI=1S/C21H24IN5O5S/c1-11-21(2,3)33-19-14(16(29)27(11)19)23-15(28)13(12-7-5-4-6-8-12)24-20(32)25-9-10-26(22)18(31)17(25)30/h4-8,11,13-14,19H,9-10H2,1-3H3,(H,23,28)(H,24,32). The van der Waals surface area contributed by atoms with Crippen molar-refractivity contribution in [1.29, 1.82) is 0 Å². The first-order valence-corrected chi connectivity index (χ1v) is 12.3. The Kier molecular flexibility index (Phi) is 6.33. The van der Waals surface area contributed by atoms with Gasteiger partial charge in [0.05, 0.1) is 22.9 Å². The highest BCUT2D eigenvalue weighted by molar-refractivity contribution is 14.1. The van der Waals surface area contributed by atoms with Gasteiger partial charge in [0.25, 0.3) is 0 Å². The minimum atomic E-state index is -1.14. The summed E-state index contributed by atoms with van der Waals surface area (Å²) in [6, 6.07) is 5.92. The van der Waals surface area contributed by atoms with Crippen molar-refractivity contribution in [3.8, 4) is 0 Å². The maximum Gasteiger partial charge on any atom is 0.325 e. The summed E-state index contributed by atoms with van der Waals surface area (Å²) in [5, 5.41) is 5.18. The topological polar surface area (TPSA) is 119 Å². The first-order valence-electron chi connectivity index (χ1n) is 10.5. The van der Waals surface area contributed by atoms with E-state index in [0.717, 1.165) is 4.90 Å². The van der Waals surface area contributed by atoms with Crippen LogP contribution in [0.1, 0.15) is 32.4 Å². The van der Waals surface area contributed by atoms with Gasteiger partial charge < -0.3 is 15.5 Å². The number of carbonyl (C=O) groups excluding carboxylic acids is 5. The van der Waals surface area contributed by atoms with E-state index in [2.05, 4.69) is 24.5 Å². The molecule has 4 unspecified atom stereocenters. The highest BCUT2D eigenvalue weighted by Crippen LogP contribution is 2.50. The van der Waals surface area contributed by atoms with Gasteiger partial charge in [0.15, 0.2) is 0 Å². The smallest absolute Gasteiger partial charge is 0.325 e. The first kappa shape index (κ1) is 23.8. The second-order valence-corrected chi connectivity index (χ2v) is 11.6. The fraction of sp³-hybridized carbons (Fsp3) is 0.476. The number of nitrogens with zero attached hydrogens (tertiary/aromatic N) is 3. The van der Waals surface area contributed by atoms with Crippen LogP contribution in [0.4, 0.5) is 4.79 Å². The van der Waals surface area contributed by atoms with Crippen molar-refractivity contribution < 1.29 is 24.0 Å². The van der Waals surface area contributed by atoms with Gasteiger partial charge in [-0.1, -0.05) is 30.3 Å². The number of hydrogen-bond donors (Lipinski definition) is 2. The molecule has 3 aliphatic heterocycles. The van der Waals surface area contributed by atoms with Crippen molar-refractivity contribution in [3.05, 3.63) is 35.9 Å². The predicted molar refractivity (Wildman–Crippen MR) is 129 cm³/mol. The molecule has 0 radical (unpaired) electrons. The molecule has 1 aromatic carbocycles. The van der Waals surface area contributed by atoms with E-state index in [1.54, 1.807) is 69.9 Å². The molecule has 33 heavy (non-hydrogen) atoms. The van der Waals surface area contributed by atoms with Gasteiger partial charge in [0.2, 0.25) is 11.8 Å². The number of piperazine rings is 1. The number of rotatable bonds is 4. The van der Waals surface area contributed by atoms with Gasteiger partial charge in [-0.05, 0) is 26.3 Å². The lowest BCUT2D eigenvalue weighted by Crippen LogP contribution is -2.69. The molecule has 4 atom stereocenters. The molecule has 3 fully saturated rings. The van der Waals surface area contributed by atoms with Crippen LogP contribution in [0.5, 0.6) is 0 Å². The quantitative estimate of drug-likeness (QED) is 0.236. The average Bonchev–Trinajstić information content (AvgIpc) is 3.00. The fourth-order valence-corrected chi connectivity index (χ4v) is 6.16. The van der Waals surface area contributed by atoms with Crippen molar-refractivity contribution in [2.24, 2.45) is 0 Å². The molecule has 6 amide bonds. The summed E-state index contributed by atoms with van der Waals surface area (Å²) in [5.41, 5.74) is 0.492. The third kappa shape index (κ3) is 4.18. The Balaban J connectivity index is 1.51. The zero-order chi connectivity index (χ0) is 24.1. The Hall–Kier alpha value is -2.35. The number of imide groups is 1. The average molecular weight is 585 g/mol. The van der Waals surface area contributed by atoms with Crippen LogP contribution in [0.25, 0.3) is 0 Å². The van der Waals surface area contributed by atoms with Crippen molar-refractivity contribution in [2.75, 3.05) is 13.1 Å². The number of carbonyl (C=O) groups is 5. The summed E-state index contributed by atoms with van der Waals surface area (Å²) in [4.78, 5) is 65.7. The number of amides is 6. The van der Waals surface area contributed by atoms with Gasteiger partial charge in [0, 0.05) is 23.9 Å². The molecule has 0 aromatic heterocycles. The second-order valence-electron chi connectivity index (χ2n) is 8.66. The Morgan fingerprint density at radius 3 is 2.45 bits per heavy atom. The van der Waals surface area contributed by atoms with E-state index >= 15 is 0 Å². The molecule has 10 nitrogen and oxygen atoms in total. The van der Waals surface area contributed by atoms with E-state index in [1.165, 1.54) is 3.11 Å². The molecule has 0 bridgehead atoms. The summed E-state index contributed by atoms with van der Waals surface area (Å²) >= 11 is 3.35. The monoisotopic (exact) mass is 585 g/mol. The number of β-lactam (4-membered cyclic amide) rings is 1. The Morgan fingerprint density at radius 2 is 1.79 bits per heavy atom. The summed E-state index contributed by atoms with van der Waals surface area (Å²) in [5.74, 6) is -2.47. The molecule has 3 heterocycles. The van der Waals surface area contributed by atoms with E-state index in [0.29, 0.717) is 5.56 Å². The lowest BCUT2D eigenvalue weighted by molar-refractivity contribution is -0.151. The number of thioether (sulfide) groups is 1. The zero-order valence-corrected chi connectivity index (χ0v) is 21.3. The summed E-state index contributed by atoms with van der Waals surface area (Å²) < 4.78 is 1.07. The number of hydrogen-bond acceptors (Lipinski definition) is 6. The molecule has 3 aliphatic rings. The van der Waals surface area contributed by atoms with Crippen LogP contribution in [0.15, 0.2) is 30.3 Å². The number of benzene rings is 1. The van der Waals surface area contributed by atoms with Gasteiger partial charge in [0.1, 0.15) is 17.5 Å². The largest absolute Gasteiger partial charge is 0.340 e. The van der Waals surface area contributed by atoms with Gasteiger partial charge >= 0.3 is 17.8 Å². The molecular formula is C21H24IN5O5S.